The van der Waals surface area contributed by atoms with Crippen LogP contribution in [0.4, 0.5) is 10.6 Å². The summed E-state index contributed by atoms with van der Waals surface area (Å²) in [4.78, 5) is 16.9. The first-order chi connectivity index (χ1) is 13.8. The van der Waals surface area contributed by atoms with Crippen molar-refractivity contribution in [3.63, 3.8) is 0 Å². The minimum atomic E-state index is -1.19. The van der Waals surface area contributed by atoms with E-state index in [4.69, 9.17) is 4.74 Å². The molecule has 3 aromatic rings. The average molecular weight is 399 g/mol. The predicted octanol–water partition coefficient (Wildman–Crippen LogP) is 2.48. The number of pyridine rings is 1. The first-order valence-corrected chi connectivity index (χ1v) is 9.30. The van der Waals surface area contributed by atoms with Crippen molar-refractivity contribution in [3.05, 3.63) is 47.7 Å². The fourth-order valence-corrected chi connectivity index (χ4v) is 3.11. The molecule has 1 atom stereocenters. The molecule has 3 rings (SSSR count). The number of aliphatic hydroxyl groups excluding tert-OH is 1. The third kappa shape index (κ3) is 4.64. The molecule has 0 radical (unpaired) electrons. The maximum Gasteiger partial charge on any atom is 0.320 e. The third-order valence-corrected chi connectivity index (χ3v) is 4.37. The van der Waals surface area contributed by atoms with E-state index >= 15 is 0 Å². The minimum Gasteiger partial charge on any atom is -0.476 e. The molecule has 5 N–H and O–H groups in total. The van der Waals surface area contributed by atoms with Crippen molar-refractivity contribution in [2.45, 2.75) is 39.0 Å². The number of carbonyl (C=O) groups is 1. The standard InChI is InChI=1S/C20H25N5O4/c1-4-29-18-16-13(24-25-18)10-15(21-14(16)11-26)22-19(27)23-17(20(2,3)28)12-8-6-5-7-9-12/h5-10,17,26,28H,4,11H2,1-3H3,(H,24,25)(H2,21,22,23,27)/t17-/m0/s1. The molecule has 2 aromatic heterocycles. The van der Waals surface area contributed by atoms with Gasteiger partial charge in [-0.25, -0.2) is 9.78 Å². The molecule has 0 saturated heterocycles. The summed E-state index contributed by atoms with van der Waals surface area (Å²) in [7, 11) is 0. The Bertz CT molecular complexity index is 982. The van der Waals surface area contributed by atoms with E-state index < -0.39 is 17.7 Å². The van der Waals surface area contributed by atoms with Crippen molar-refractivity contribution < 1.29 is 19.7 Å². The number of aromatic nitrogens is 3. The van der Waals surface area contributed by atoms with E-state index in [0.717, 1.165) is 5.56 Å². The molecule has 0 saturated carbocycles. The summed E-state index contributed by atoms with van der Waals surface area (Å²) < 4.78 is 5.44. The number of hydrogen-bond donors (Lipinski definition) is 5. The van der Waals surface area contributed by atoms with Crippen LogP contribution in [-0.2, 0) is 6.61 Å². The van der Waals surface area contributed by atoms with E-state index in [2.05, 4.69) is 25.8 Å². The Morgan fingerprint density at radius 3 is 2.66 bits per heavy atom. The molecule has 2 amide bonds. The molecule has 0 aliphatic carbocycles. The number of hydrogen-bond acceptors (Lipinski definition) is 6. The number of anilines is 1. The highest BCUT2D eigenvalue weighted by molar-refractivity contribution is 5.93. The van der Waals surface area contributed by atoms with Crippen LogP contribution in [0.3, 0.4) is 0 Å². The first kappa shape index (κ1) is 20.6. The number of carbonyl (C=O) groups excluding carboxylic acids is 1. The molecular weight excluding hydrogens is 374 g/mol. The minimum absolute atomic E-state index is 0.230. The van der Waals surface area contributed by atoms with Gasteiger partial charge in [-0.05, 0) is 26.3 Å². The lowest BCUT2D eigenvalue weighted by atomic mass is 9.92. The average Bonchev–Trinajstić information content (AvgIpc) is 3.08. The number of fused-ring (bicyclic) bond motifs is 1. The highest BCUT2D eigenvalue weighted by Gasteiger charge is 2.30. The van der Waals surface area contributed by atoms with Crippen molar-refractivity contribution in [3.8, 4) is 5.88 Å². The molecule has 0 fully saturated rings. The van der Waals surface area contributed by atoms with Crippen molar-refractivity contribution in [2.24, 2.45) is 0 Å². The summed E-state index contributed by atoms with van der Waals surface area (Å²) in [5.74, 6) is 0.578. The molecule has 2 heterocycles. The summed E-state index contributed by atoms with van der Waals surface area (Å²) in [5, 5.41) is 33.1. The van der Waals surface area contributed by atoms with Gasteiger partial charge in [0, 0.05) is 6.07 Å². The lowest BCUT2D eigenvalue weighted by Crippen LogP contribution is -2.44. The van der Waals surface area contributed by atoms with Gasteiger partial charge in [-0.1, -0.05) is 30.3 Å². The molecule has 0 spiro atoms. The van der Waals surface area contributed by atoms with Crippen LogP contribution in [0, 0.1) is 0 Å². The van der Waals surface area contributed by atoms with Crippen LogP contribution < -0.4 is 15.4 Å². The second-order valence-corrected chi connectivity index (χ2v) is 7.09. The van der Waals surface area contributed by atoms with E-state index in [0.29, 0.717) is 29.1 Å². The molecule has 0 bridgehead atoms. The maximum atomic E-state index is 12.6. The zero-order valence-electron chi connectivity index (χ0n) is 16.6. The smallest absolute Gasteiger partial charge is 0.320 e. The lowest BCUT2D eigenvalue weighted by molar-refractivity contribution is 0.0415. The lowest BCUT2D eigenvalue weighted by Gasteiger charge is -2.30. The van der Waals surface area contributed by atoms with Gasteiger partial charge in [0.25, 0.3) is 0 Å². The van der Waals surface area contributed by atoms with Crippen molar-refractivity contribution in [1.29, 1.82) is 0 Å². The van der Waals surface area contributed by atoms with Gasteiger partial charge in [0.1, 0.15) is 5.82 Å². The van der Waals surface area contributed by atoms with E-state index in [9.17, 15) is 15.0 Å². The summed E-state index contributed by atoms with van der Waals surface area (Å²) in [5.41, 5.74) is 0.480. The molecule has 1 aromatic carbocycles. The molecule has 0 aliphatic heterocycles. The number of H-pyrrole nitrogens is 1. The molecule has 9 heteroatoms. The number of aliphatic hydroxyl groups is 2. The highest BCUT2D eigenvalue weighted by Crippen LogP contribution is 2.28. The second kappa shape index (κ2) is 8.46. The van der Waals surface area contributed by atoms with Gasteiger partial charge in [-0.3, -0.25) is 10.4 Å². The fourth-order valence-electron chi connectivity index (χ4n) is 3.11. The van der Waals surface area contributed by atoms with E-state index in [1.54, 1.807) is 19.9 Å². The predicted molar refractivity (Wildman–Crippen MR) is 109 cm³/mol. The number of aromatic amines is 1. The molecule has 29 heavy (non-hydrogen) atoms. The Balaban J connectivity index is 1.83. The molecule has 0 unspecified atom stereocenters. The van der Waals surface area contributed by atoms with E-state index in [1.807, 2.05) is 37.3 Å². The summed E-state index contributed by atoms with van der Waals surface area (Å²) in [6.45, 7) is 5.16. The van der Waals surface area contributed by atoms with Gasteiger partial charge >= 0.3 is 6.03 Å². The highest BCUT2D eigenvalue weighted by atomic mass is 16.5. The number of amides is 2. The van der Waals surface area contributed by atoms with Gasteiger partial charge in [-0.15, -0.1) is 5.10 Å². The Labute approximate surface area is 168 Å². The van der Waals surface area contributed by atoms with Crippen molar-refractivity contribution >= 4 is 22.8 Å². The normalized spacial score (nSPS) is 12.6. The van der Waals surface area contributed by atoms with E-state index in [1.165, 1.54) is 0 Å². The Hall–Kier alpha value is -3.17. The van der Waals surface area contributed by atoms with Gasteiger partial charge < -0.3 is 20.3 Å². The first-order valence-electron chi connectivity index (χ1n) is 9.30. The number of rotatable bonds is 7. The van der Waals surface area contributed by atoms with Crippen LogP contribution in [0.15, 0.2) is 36.4 Å². The Kier molecular flexibility index (Phi) is 6.00. The van der Waals surface area contributed by atoms with E-state index in [-0.39, 0.29) is 12.4 Å². The van der Waals surface area contributed by atoms with Crippen molar-refractivity contribution in [2.75, 3.05) is 11.9 Å². The molecule has 9 nitrogen and oxygen atoms in total. The zero-order chi connectivity index (χ0) is 21.0. The van der Waals surface area contributed by atoms with Crippen LogP contribution >= 0.6 is 0 Å². The van der Waals surface area contributed by atoms with Crippen LogP contribution in [0.1, 0.15) is 38.1 Å². The summed E-state index contributed by atoms with van der Waals surface area (Å²) >= 11 is 0. The van der Waals surface area contributed by atoms with Crippen LogP contribution in [-0.4, -0.2) is 43.6 Å². The van der Waals surface area contributed by atoms with Crippen LogP contribution in [0.2, 0.25) is 0 Å². The molecule has 0 aliphatic rings. The number of ether oxygens (including phenoxy) is 1. The Morgan fingerprint density at radius 2 is 2.03 bits per heavy atom. The maximum absolute atomic E-state index is 12.6. The van der Waals surface area contributed by atoms with Gasteiger partial charge in [-0.2, -0.15) is 0 Å². The fraction of sp³-hybridized carbons (Fsp3) is 0.350. The number of nitrogens with zero attached hydrogens (tertiary/aromatic N) is 2. The SMILES string of the molecule is CCOc1n[nH]c2cc(NC(=O)N[C@@H](c3ccccc3)C(C)(C)O)nc(CO)c12. The van der Waals surface area contributed by atoms with Gasteiger partial charge in [0.2, 0.25) is 5.88 Å². The summed E-state index contributed by atoms with van der Waals surface area (Å²) in [6, 6.07) is 9.62. The molecular formula is C20H25N5O4. The van der Waals surface area contributed by atoms with Crippen LogP contribution in [0.25, 0.3) is 10.9 Å². The largest absolute Gasteiger partial charge is 0.476 e. The monoisotopic (exact) mass is 399 g/mol. The third-order valence-electron chi connectivity index (χ3n) is 4.37. The summed E-state index contributed by atoms with van der Waals surface area (Å²) in [6.07, 6.45) is 0. The van der Waals surface area contributed by atoms with Gasteiger partial charge in [0.15, 0.2) is 0 Å². The number of urea groups is 1. The number of benzene rings is 1. The number of nitrogens with one attached hydrogen (secondary N) is 3. The van der Waals surface area contributed by atoms with Crippen LogP contribution in [0.5, 0.6) is 5.88 Å². The van der Waals surface area contributed by atoms with Gasteiger partial charge in [0.05, 0.1) is 41.5 Å². The topological polar surface area (TPSA) is 132 Å². The second-order valence-electron chi connectivity index (χ2n) is 7.09. The quantitative estimate of drug-likeness (QED) is 0.415. The molecule has 154 valence electrons. The zero-order valence-corrected chi connectivity index (χ0v) is 16.6. The van der Waals surface area contributed by atoms with Crippen molar-refractivity contribution in [1.82, 2.24) is 20.5 Å². The Morgan fingerprint density at radius 1 is 1.31 bits per heavy atom.